The lowest BCUT2D eigenvalue weighted by atomic mass is 9.81. The molecule has 1 atom stereocenters. The van der Waals surface area contributed by atoms with Crippen LogP contribution in [0.15, 0.2) is 182 Å². The average molecular weight is 680 g/mol. The van der Waals surface area contributed by atoms with E-state index in [1.165, 1.54) is 88.3 Å². The van der Waals surface area contributed by atoms with Gasteiger partial charge in [0, 0.05) is 27.8 Å². The van der Waals surface area contributed by atoms with Crippen LogP contribution in [-0.4, -0.2) is 4.57 Å². The second-order valence-corrected chi connectivity index (χ2v) is 15.3. The highest BCUT2D eigenvalue weighted by Gasteiger charge is 2.37. The smallest absolute Gasteiger partial charge is 0.0541 e. The van der Waals surface area contributed by atoms with Crippen molar-refractivity contribution >= 4 is 32.6 Å². The van der Waals surface area contributed by atoms with E-state index < -0.39 is 0 Å². The van der Waals surface area contributed by atoms with Crippen LogP contribution in [-0.2, 0) is 11.8 Å². The number of aromatic nitrogens is 1. The van der Waals surface area contributed by atoms with Crippen LogP contribution in [0, 0.1) is 0 Å². The standard InChI is InChI=1S/C52H41N/c1-52(2)47-20-12-19-43(38-27-29-41(30-28-38)53-49-21-10-8-17-44(49)45-18-9-11-22-50(45)53)51(47)46-32-24-35(33-48(46)52)23-31-42(37-14-4-3-5-15-37)40-26-25-36-13-6-7-16-39(36)34-40/h3-22,24-30,32-34,42H,23,31H2,1-2H3. The van der Waals surface area contributed by atoms with Crippen LogP contribution in [0.2, 0.25) is 0 Å². The van der Waals surface area contributed by atoms with Crippen LogP contribution in [0.25, 0.3) is 60.5 Å². The molecule has 0 saturated carbocycles. The Morgan fingerprint density at radius 3 is 1.92 bits per heavy atom. The Bertz CT molecular complexity index is 2750. The maximum Gasteiger partial charge on any atom is 0.0541 e. The maximum absolute atomic E-state index is 2.51. The van der Waals surface area contributed by atoms with Gasteiger partial charge in [0.15, 0.2) is 0 Å². The van der Waals surface area contributed by atoms with Crippen molar-refractivity contribution in [2.45, 2.75) is 38.0 Å². The lowest BCUT2D eigenvalue weighted by molar-refractivity contribution is 0.657. The van der Waals surface area contributed by atoms with Gasteiger partial charge in [-0.3, -0.25) is 0 Å². The fourth-order valence-electron chi connectivity index (χ4n) is 9.17. The molecular weight excluding hydrogens is 639 g/mol. The van der Waals surface area contributed by atoms with Crippen molar-refractivity contribution in [3.63, 3.8) is 0 Å². The summed E-state index contributed by atoms with van der Waals surface area (Å²) in [6.07, 6.45) is 2.07. The van der Waals surface area contributed by atoms with E-state index in [1.807, 2.05) is 0 Å². The number of para-hydroxylation sites is 2. The first kappa shape index (κ1) is 31.5. The molecule has 0 aliphatic heterocycles. The quantitative estimate of drug-likeness (QED) is 0.158. The molecule has 0 amide bonds. The minimum absolute atomic E-state index is 0.0865. The third kappa shape index (κ3) is 5.22. The van der Waals surface area contributed by atoms with Crippen LogP contribution in [0.3, 0.4) is 0 Å². The molecule has 0 N–H and O–H groups in total. The summed E-state index contributed by atoms with van der Waals surface area (Å²) in [4.78, 5) is 0. The molecule has 9 aromatic rings. The van der Waals surface area contributed by atoms with E-state index in [-0.39, 0.29) is 5.41 Å². The van der Waals surface area contributed by atoms with Gasteiger partial charge in [-0.2, -0.15) is 0 Å². The molecule has 0 fully saturated rings. The Morgan fingerprint density at radius 1 is 0.491 bits per heavy atom. The largest absolute Gasteiger partial charge is 0.309 e. The van der Waals surface area contributed by atoms with Gasteiger partial charge < -0.3 is 4.57 Å². The highest BCUT2D eigenvalue weighted by atomic mass is 15.0. The van der Waals surface area contributed by atoms with E-state index in [9.17, 15) is 0 Å². The maximum atomic E-state index is 2.51. The number of hydrogen-bond donors (Lipinski definition) is 0. The van der Waals surface area contributed by atoms with E-state index >= 15 is 0 Å². The highest BCUT2D eigenvalue weighted by molar-refractivity contribution is 6.09. The van der Waals surface area contributed by atoms with Crippen LogP contribution in [0.1, 0.15) is 54.0 Å². The van der Waals surface area contributed by atoms with Gasteiger partial charge in [-0.1, -0.05) is 172 Å². The monoisotopic (exact) mass is 679 g/mol. The summed E-state index contributed by atoms with van der Waals surface area (Å²) in [6, 6.07) is 67.6. The van der Waals surface area contributed by atoms with E-state index in [1.54, 1.807) is 0 Å². The summed E-state index contributed by atoms with van der Waals surface area (Å²) >= 11 is 0. The van der Waals surface area contributed by atoms with E-state index in [0.717, 1.165) is 12.8 Å². The normalized spacial score (nSPS) is 13.7. The third-order valence-corrected chi connectivity index (χ3v) is 11.9. The second-order valence-electron chi connectivity index (χ2n) is 15.3. The molecule has 1 aliphatic carbocycles. The van der Waals surface area contributed by atoms with E-state index in [2.05, 4.69) is 200 Å². The number of aryl methyl sites for hydroxylation is 1. The van der Waals surface area contributed by atoms with Gasteiger partial charge in [0.2, 0.25) is 0 Å². The van der Waals surface area contributed by atoms with Gasteiger partial charge in [-0.15, -0.1) is 0 Å². The molecule has 53 heavy (non-hydrogen) atoms. The topological polar surface area (TPSA) is 4.93 Å². The van der Waals surface area contributed by atoms with Gasteiger partial charge in [-0.25, -0.2) is 0 Å². The molecule has 0 saturated heterocycles. The number of hydrogen-bond acceptors (Lipinski definition) is 0. The van der Waals surface area contributed by atoms with Crippen molar-refractivity contribution in [3.05, 3.63) is 210 Å². The fraction of sp³-hybridized carbons (Fsp3) is 0.115. The minimum atomic E-state index is -0.0865. The van der Waals surface area contributed by atoms with Gasteiger partial charge in [0.05, 0.1) is 11.0 Å². The molecule has 8 aromatic carbocycles. The predicted molar refractivity (Wildman–Crippen MR) is 224 cm³/mol. The lowest BCUT2D eigenvalue weighted by Crippen LogP contribution is -2.15. The van der Waals surface area contributed by atoms with Crippen LogP contribution < -0.4 is 0 Å². The van der Waals surface area contributed by atoms with Crippen molar-refractivity contribution < 1.29 is 0 Å². The SMILES string of the molecule is CC1(C)c2cc(CCC(c3ccccc3)c3ccc4ccccc4c3)ccc2-c2c(-c3ccc(-n4c5ccccc5c5ccccc54)cc3)cccc21. The van der Waals surface area contributed by atoms with Gasteiger partial charge in [0.25, 0.3) is 0 Å². The average Bonchev–Trinajstić information content (AvgIpc) is 3.67. The van der Waals surface area contributed by atoms with E-state index in [4.69, 9.17) is 0 Å². The van der Waals surface area contributed by atoms with Crippen molar-refractivity contribution in [3.8, 4) is 27.9 Å². The summed E-state index contributed by atoms with van der Waals surface area (Å²) in [5.41, 5.74) is 15.9. The Kier molecular flexibility index (Phi) is 7.44. The zero-order valence-corrected chi connectivity index (χ0v) is 30.3. The summed E-state index contributed by atoms with van der Waals surface area (Å²) < 4.78 is 2.39. The Labute approximate surface area is 311 Å². The van der Waals surface area contributed by atoms with Gasteiger partial charge in [0.1, 0.15) is 0 Å². The van der Waals surface area contributed by atoms with Crippen molar-refractivity contribution in [2.24, 2.45) is 0 Å². The summed E-state index contributed by atoms with van der Waals surface area (Å²) in [5.74, 6) is 0.330. The van der Waals surface area contributed by atoms with E-state index in [0.29, 0.717) is 5.92 Å². The molecule has 1 aliphatic rings. The molecule has 1 aromatic heterocycles. The lowest BCUT2D eigenvalue weighted by Gasteiger charge is -2.23. The molecule has 1 nitrogen and oxygen atoms in total. The molecule has 0 bridgehead atoms. The first-order chi connectivity index (χ1) is 26.0. The highest BCUT2D eigenvalue weighted by Crippen LogP contribution is 2.52. The zero-order chi connectivity index (χ0) is 35.5. The summed E-state index contributed by atoms with van der Waals surface area (Å²) in [7, 11) is 0. The van der Waals surface area contributed by atoms with Gasteiger partial charge >= 0.3 is 0 Å². The molecule has 0 spiro atoms. The Morgan fingerprint density at radius 2 is 1.17 bits per heavy atom. The van der Waals surface area contributed by atoms with Crippen molar-refractivity contribution in [1.82, 2.24) is 4.57 Å². The Balaban J connectivity index is 0.986. The molecule has 1 unspecified atom stereocenters. The molecular formula is C52H41N. The minimum Gasteiger partial charge on any atom is -0.309 e. The predicted octanol–water partition coefficient (Wildman–Crippen LogP) is 13.7. The zero-order valence-electron chi connectivity index (χ0n) is 30.3. The number of rotatable bonds is 7. The van der Waals surface area contributed by atoms with Crippen molar-refractivity contribution in [2.75, 3.05) is 0 Å². The van der Waals surface area contributed by atoms with Gasteiger partial charge in [-0.05, 0) is 98.0 Å². The van der Waals surface area contributed by atoms with Crippen LogP contribution in [0.5, 0.6) is 0 Å². The van der Waals surface area contributed by atoms with Crippen molar-refractivity contribution in [1.29, 1.82) is 0 Å². The number of nitrogens with zero attached hydrogens (tertiary/aromatic N) is 1. The third-order valence-electron chi connectivity index (χ3n) is 11.9. The summed E-state index contributed by atoms with van der Waals surface area (Å²) in [6.45, 7) is 4.80. The number of fused-ring (bicyclic) bond motifs is 7. The summed E-state index contributed by atoms with van der Waals surface area (Å²) in [5, 5.41) is 5.17. The molecule has 1 heteroatoms. The molecule has 254 valence electrons. The van der Waals surface area contributed by atoms with Crippen LogP contribution >= 0.6 is 0 Å². The first-order valence-corrected chi connectivity index (χ1v) is 18.9. The molecule has 0 radical (unpaired) electrons. The first-order valence-electron chi connectivity index (χ1n) is 18.9. The second kappa shape index (κ2) is 12.5. The fourth-order valence-corrected chi connectivity index (χ4v) is 9.17. The van der Waals surface area contributed by atoms with Crippen LogP contribution in [0.4, 0.5) is 0 Å². The molecule has 10 rings (SSSR count). The molecule has 1 heterocycles. The Hall–Kier alpha value is -6.18. The number of benzene rings is 8.